The maximum absolute atomic E-state index is 17.3. The summed E-state index contributed by atoms with van der Waals surface area (Å²) in [6.45, 7) is 5.20. The predicted octanol–water partition coefficient (Wildman–Crippen LogP) is 7.09. The summed E-state index contributed by atoms with van der Waals surface area (Å²) in [6.07, 6.45) is 5.41. The zero-order valence-electron chi connectivity index (χ0n) is 28.5. The number of alkyl halides is 2. The van der Waals surface area contributed by atoms with E-state index in [1.54, 1.807) is 13.0 Å². The van der Waals surface area contributed by atoms with Crippen LogP contribution >= 0.6 is 0 Å². The maximum Gasteiger partial charge on any atom is 0.319 e. The van der Waals surface area contributed by atoms with Crippen molar-refractivity contribution in [2.24, 2.45) is 10.8 Å². The molecule has 12 heteroatoms. The normalized spacial score (nSPS) is 26.2. The van der Waals surface area contributed by atoms with E-state index in [0.29, 0.717) is 66.6 Å². The standard InChI is InChI=1S/C39H40F4N6O2/c1-2-27-30(40)7-4-22-12-26(50)14-28(31(22)27)32-23(15-44)13-29-34(33(32)41)46-36(47-35(29)49-16-24-5-6-25(17-49)45-24)51-21-37(9-10-37)19-48-11-3-8-38(20-48)18-39(38,42)43/h4,7,12-14,24-25,45,50H,2-3,5-6,8-11,16-21H2,1H3. The van der Waals surface area contributed by atoms with E-state index in [9.17, 15) is 19.1 Å². The average Bonchev–Trinajstić information content (AvgIpc) is 3.94. The summed E-state index contributed by atoms with van der Waals surface area (Å²) < 4.78 is 67.2. The molecular formula is C39H40F4N6O2. The zero-order chi connectivity index (χ0) is 35.3. The average molecular weight is 701 g/mol. The third-order valence-electron chi connectivity index (χ3n) is 12.2. The van der Waals surface area contributed by atoms with Gasteiger partial charge in [0, 0.05) is 61.0 Å². The monoisotopic (exact) mass is 700 g/mol. The molecule has 2 saturated carbocycles. The van der Waals surface area contributed by atoms with Gasteiger partial charge in [-0.3, -0.25) is 0 Å². The van der Waals surface area contributed by atoms with Gasteiger partial charge in [0.25, 0.3) is 5.92 Å². The zero-order valence-corrected chi connectivity index (χ0v) is 28.5. The molecule has 0 radical (unpaired) electrons. The first kappa shape index (κ1) is 32.7. The third kappa shape index (κ3) is 5.46. The van der Waals surface area contributed by atoms with Crippen molar-refractivity contribution in [1.82, 2.24) is 20.2 Å². The Kier molecular flexibility index (Phi) is 7.47. The lowest BCUT2D eigenvalue weighted by Gasteiger charge is -2.35. The van der Waals surface area contributed by atoms with Crippen LogP contribution in [0.1, 0.15) is 63.0 Å². The molecule has 4 aromatic rings. The van der Waals surface area contributed by atoms with E-state index < -0.39 is 23.0 Å². The molecule has 2 N–H and O–H groups in total. The van der Waals surface area contributed by atoms with E-state index in [2.05, 4.69) is 26.2 Å². The minimum Gasteiger partial charge on any atom is -0.508 e. The first-order chi connectivity index (χ1) is 24.5. The molecule has 51 heavy (non-hydrogen) atoms. The summed E-state index contributed by atoms with van der Waals surface area (Å²) in [6, 6.07) is 10.0. The van der Waals surface area contributed by atoms with Gasteiger partial charge in [-0.1, -0.05) is 13.0 Å². The Morgan fingerprint density at radius 1 is 1.08 bits per heavy atom. The summed E-state index contributed by atoms with van der Waals surface area (Å²) >= 11 is 0. The number of phenols is 1. The van der Waals surface area contributed by atoms with Crippen LogP contribution in [0.4, 0.5) is 23.4 Å². The fourth-order valence-electron chi connectivity index (χ4n) is 9.26. The molecule has 2 bridgehead atoms. The van der Waals surface area contributed by atoms with Gasteiger partial charge in [-0.25, -0.2) is 17.6 Å². The molecule has 3 aromatic carbocycles. The summed E-state index contributed by atoms with van der Waals surface area (Å²) in [5.74, 6) is -3.47. The van der Waals surface area contributed by atoms with Crippen molar-refractivity contribution in [3.63, 3.8) is 0 Å². The van der Waals surface area contributed by atoms with Crippen molar-refractivity contribution in [1.29, 1.82) is 5.26 Å². The summed E-state index contributed by atoms with van der Waals surface area (Å²) in [5, 5.41) is 26.1. The van der Waals surface area contributed by atoms with Gasteiger partial charge in [-0.15, -0.1) is 0 Å². The molecule has 9 rings (SSSR count). The lowest BCUT2D eigenvalue weighted by molar-refractivity contribution is 0.0167. The third-order valence-corrected chi connectivity index (χ3v) is 12.2. The molecule has 3 atom stereocenters. The number of anilines is 1. The molecule has 5 aliphatic rings. The van der Waals surface area contributed by atoms with E-state index >= 15 is 8.78 Å². The number of rotatable bonds is 8. The van der Waals surface area contributed by atoms with Gasteiger partial charge in [0.2, 0.25) is 0 Å². The molecule has 3 aliphatic heterocycles. The minimum absolute atomic E-state index is 0.00844. The molecule has 1 spiro atoms. The quantitative estimate of drug-likeness (QED) is 0.188. The minimum atomic E-state index is -2.58. The SMILES string of the molecule is CCc1c(F)ccc2cc(O)cc(-c3c(C#N)cc4c(N5CC6CCC(C5)N6)nc(OCC5(CN6CCCC7(C6)CC7(F)F)CC5)nc4c3F)c12. The van der Waals surface area contributed by atoms with Gasteiger partial charge in [0.15, 0.2) is 5.82 Å². The van der Waals surface area contributed by atoms with Crippen LogP contribution in [-0.2, 0) is 6.42 Å². The number of benzene rings is 3. The molecule has 1 aromatic heterocycles. The Morgan fingerprint density at radius 2 is 1.84 bits per heavy atom. The molecule has 0 amide bonds. The lowest BCUT2D eigenvalue weighted by Crippen LogP contribution is -2.51. The summed E-state index contributed by atoms with van der Waals surface area (Å²) in [5.41, 5.74) is -0.621. The van der Waals surface area contributed by atoms with E-state index in [1.807, 2.05) is 0 Å². The highest BCUT2D eigenvalue weighted by atomic mass is 19.3. The fraction of sp³-hybridized carbons (Fsp3) is 0.513. The number of halogens is 4. The van der Waals surface area contributed by atoms with Crippen LogP contribution < -0.4 is 15.0 Å². The van der Waals surface area contributed by atoms with Gasteiger partial charge < -0.3 is 25.0 Å². The Hall–Kier alpha value is -4.21. The molecule has 3 saturated heterocycles. The van der Waals surface area contributed by atoms with Gasteiger partial charge >= 0.3 is 6.01 Å². The number of likely N-dealkylation sites (tertiary alicyclic amines) is 1. The topological polar surface area (TPSA) is 97.5 Å². The Morgan fingerprint density at radius 3 is 2.53 bits per heavy atom. The molecular weight excluding hydrogens is 660 g/mol. The Balaban J connectivity index is 1.13. The van der Waals surface area contributed by atoms with E-state index in [0.717, 1.165) is 38.6 Å². The van der Waals surface area contributed by atoms with Crippen LogP contribution in [0.15, 0.2) is 30.3 Å². The van der Waals surface area contributed by atoms with Crippen LogP contribution in [-0.4, -0.2) is 77.3 Å². The fourth-order valence-corrected chi connectivity index (χ4v) is 9.26. The van der Waals surface area contributed by atoms with E-state index in [-0.39, 0.29) is 64.5 Å². The first-order valence-electron chi connectivity index (χ1n) is 18.1. The molecule has 266 valence electrons. The second-order valence-electron chi connectivity index (χ2n) is 15.7. The number of aromatic nitrogens is 2. The number of fused-ring (bicyclic) bond motifs is 4. The number of aryl methyl sites for hydroxylation is 1. The number of phenolic OH excluding ortho intramolecular Hbond substituents is 1. The van der Waals surface area contributed by atoms with E-state index in [1.165, 1.54) is 24.3 Å². The Labute approximate surface area is 293 Å². The first-order valence-corrected chi connectivity index (χ1v) is 18.1. The number of aromatic hydroxyl groups is 1. The summed E-state index contributed by atoms with van der Waals surface area (Å²) in [4.78, 5) is 13.8. The maximum atomic E-state index is 17.3. The number of ether oxygens (including phenoxy) is 1. The number of nitriles is 1. The summed E-state index contributed by atoms with van der Waals surface area (Å²) in [7, 11) is 0. The highest BCUT2D eigenvalue weighted by Crippen LogP contribution is 2.65. The van der Waals surface area contributed by atoms with Crippen molar-refractivity contribution >= 4 is 27.5 Å². The molecule has 4 heterocycles. The van der Waals surface area contributed by atoms with Crippen molar-refractivity contribution in [2.45, 2.75) is 76.3 Å². The molecule has 2 aliphatic carbocycles. The van der Waals surface area contributed by atoms with Crippen LogP contribution in [0.3, 0.4) is 0 Å². The van der Waals surface area contributed by atoms with Gasteiger partial charge in [0.1, 0.15) is 22.9 Å². The highest BCUT2D eigenvalue weighted by molar-refractivity contribution is 6.04. The van der Waals surface area contributed by atoms with Gasteiger partial charge in [0.05, 0.1) is 23.7 Å². The predicted molar refractivity (Wildman–Crippen MR) is 185 cm³/mol. The number of nitrogens with zero attached hydrogens (tertiary/aromatic N) is 5. The molecule has 3 unspecified atom stereocenters. The number of nitrogens with one attached hydrogen (secondary N) is 1. The van der Waals surface area contributed by atoms with Gasteiger partial charge in [-0.05, 0) is 97.7 Å². The van der Waals surface area contributed by atoms with Crippen molar-refractivity contribution in [3.8, 4) is 29.0 Å². The van der Waals surface area contributed by atoms with Crippen LogP contribution in [0.2, 0.25) is 0 Å². The number of piperazine rings is 1. The lowest BCUT2D eigenvalue weighted by atomic mass is 9.89. The largest absolute Gasteiger partial charge is 0.508 e. The van der Waals surface area contributed by atoms with Crippen LogP contribution in [0.5, 0.6) is 11.8 Å². The Bertz CT molecular complexity index is 2120. The second kappa shape index (κ2) is 11.7. The number of piperidine rings is 1. The van der Waals surface area contributed by atoms with Crippen molar-refractivity contribution < 1.29 is 27.4 Å². The van der Waals surface area contributed by atoms with Crippen LogP contribution in [0.25, 0.3) is 32.8 Å². The van der Waals surface area contributed by atoms with Crippen molar-refractivity contribution in [3.05, 3.63) is 53.1 Å². The molecule has 5 fully saturated rings. The number of hydrogen-bond donors (Lipinski definition) is 2. The highest BCUT2D eigenvalue weighted by Gasteiger charge is 2.71. The van der Waals surface area contributed by atoms with Crippen molar-refractivity contribution in [2.75, 3.05) is 44.2 Å². The smallest absolute Gasteiger partial charge is 0.319 e. The van der Waals surface area contributed by atoms with Crippen LogP contribution in [0, 0.1) is 33.8 Å². The van der Waals surface area contributed by atoms with E-state index in [4.69, 9.17) is 9.72 Å². The second-order valence-corrected chi connectivity index (χ2v) is 15.7. The molecule has 8 nitrogen and oxygen atoms in total. The van der Waals surface area contributed by atoms with Gasteiger partial charge in [-0.2, -0.15) is 15.2 Å². The number of hydrogen-bond acceptors (Lipinski definition) is 8.